The molecule has 0 radical (unpaired) electrons. The molecule has 0 saturated carbocycles. The molecule has 2 heterocycles. The van der Waals surface area contributed by atoms with Crippen molar-refractivity contribution in [3.05, 3.63) is 24.3 Å². The van der Waals surface area contributed by atoms with Crippen LogP contribution in [0.1, 0.15) is 5.69 Å². The average Bonchev–Trinajstić information content (AvgIpc) is 2.63. The number of cyclic esters (lactones) is 1. The molecule has 7 heteroatoms. The molecule has 1 atom stereocenters. The summed E-state index contributed by atoms with van der Waals surface area (Å²) < 4.78 is 4.74. The lowest BCUT2D eigenvalue weighted by Crippen LogP contribution is -2.40. The maximum Gasteiger partial charge on any atom is 0.408 e. The van der Waals surface area contributed by atoms with Gasteiger partial charge < -0.3 is 15.2 Å². The number of nitrogens with zero attached hydrogens (tertiary/aromatic N) is 2. The fourth-order valence-electron chi connectivity index (χ4n) is 1.31. The molecule has 1 saturated heterocycles. The lowest BCUT2D eigenvalue weighted by Gasteiger charge is -2.19. The van der Waals surface area contributed by atoms with Crippen molar-refractivity contribution >= 4 is 12.1 Å². The number of carboxylic acids is 1. The number of carbonyl (C=O) groups is 2. The van der Waals surface area contributed by atoms with Crippen LogP contribution in [0.25, 0.3) is 0 Å². The monoisotopic (exact) mass is 209 g/mol. The van der Waals surface area contributed by atoms with Gasteiger partial charge in [0.2, 0.25) is 0 Å². The molecule has 1 aromatic rings. The van der Waals surface area contributed by atoms with E-state index in [9.17, 15) is 9.59 Å². The summed E-state index contributed by atoms with van der Waals surface area (Å²) in [7, 11) is 0. The van der Waals surface area contributed by atoms with Gasteiger partial charge in [0.25, 0.3) is 5.60 Å². The van der Waals surface area contributed by atoms with E-state index in [2.05, 4.69) is 15.3 Å². The van der Waals surface area contributed by atoms with Crippen LogP contribution in [-0.2, 0) is 15.1 Å². The molecule has 1 amide bonds. The summed E-state index contributed by atoms with van der Waals surface area (Å²) in [5.41, 5.74) is -1.67. The summed E-state index contributed by atoms with van der Waals surface area (Å²) in [6.07, 6.45) is 3.23. The first-order valence-electron chi connectivity index (χ1n) is 4.12. The second-order valence-electron chi connectivity index (χ2n) is 2.97. The van der Waals surface area contributed by atoms with Crippen molar-refractivity contribution in [2.24, 2.45) is 0 Å². The number of carbonyl (C=O) groups excluding carboxylic acids is 1. The summed E-state index contributed by atoms with van der Waals surface area (Å²) in [5.74, 6) is -1.28. The molecule has 7 nitrogen and oxygen atoms in total. The summed E-state index contributed by atoms with van der Waals surface area (Å²) in [5, 5.41) is 11.3. The topological polar surface area (TPSA) is 101 Å². The third kappa shape index (κ3) is 1.37. The van der Waals surface area contributed by atoms with Crippen molar-refractivity contribution in [1.82, 2.24) is 15.3 Å². The maximum absolute atomic E-state index is 11.1. The normalized spacial score (nSPS) is 24.4. The quantitative estimate of drug-likeness (QED) is 0.680. The zero-order valence-corrected chi connectivity index (χ0v) is 7.51. The first kappa shape index (κ1) is 9.38. The van der Waals surface area contributed by atoms with Crippen LogP contribution in [0.2, 0.25) is 0 Å². The summed E-state index contributed by atoms with van der Waals surface area (Å²) in [4.78, 5) is 29.5. The molecule has 1 aromatic heterocycles. The van der Waals surface area contributed by atoms with E-state index in [0.717, 1.165) is 0 Å². The second-order valence-corrected chi connectivity index (χ2v) is 2.97. The molecule has 2 rings (SSSR count). The SMILES string of the molecule is O=C1NCC(C(=O)O)(c2cnccn2)O1. The fraction of sp³-hybridized carbons (Fsp3) is 0.250. The van der Waals surface area contributed by atoms with Gasteiger partial charge in [-0.3, -0.25) is 9.97 Å². The molecule has 0 aliphatic carbocycles. The molecule has 0 aromatic carbocycles. The van der Waals surface area contributed by atoms with Crippen LogP contribution in [0.4, 0.5) is 4.79 Å². The number of hydrogen-bond donors (Lipinski definition) is 2. The number of amides is 1. The van der Waals surface area contributed by atoms with Gasteiger partial charge >= 0.3 is 12.1 Å². The Morgan fingerprint density at radius 3 is 2.87 bits per heavy atom. The Morgan fingerprint density at radius 2 is 2.40 bits per heavy atom. The highest BCUT2D eigenvalue weighted by Gasteiger charge is 2.51. The number of alkyl carbamates (subject to hydrolysis) is 1. The number of hydrogen-bond acceptors (Lipinski definition) is 5. The first-order valence-corrected chi connectivity index (χ1v) is 4.12. The minimum atomic E-state index is -1.76. The van der Waals surface area contributed by atoms with Crippen LogP contribution in [0, 0.1) is 0 Å². The maximum atomic E-state index is 11.1. The standard InChI is InChI=1S/C8H7N3O4/c12-6(13)8(4-11-7(14)15-8)5-3-9-1-2-10-5/h1-3H,4H2,(H,11,14)(H,12,13). The van der Waals surface area contributed by atoms with Gasteiger partial charge in [0.05, 0.1) is 12.7 Å². The number of aliphatic carboxylic acids is 1. The van der Waals surface area contributed by atoms with Gasteiger partial charge in [0.1, 0.15) is 5.69 Å². The van der Waals surface area contributed by atoms with Gasteiger partial charge in [-0.05, 0) is 0 Å². The third-order valence-corrected chi connectivity index (χ3v) is 2.07. The van der Waals surface area contributed by atoms with E-state index in [0.29, 0.717) is 0 Å². The molecule has 1 unspecified atom stereocenters. The first-order chi connectivity index (χ1) is 7.15. The van der Waals surface area contributed by atoms with Crippen LogP contribution in [0.5, 0.6) is 0 Å². The molecule has 1 aliphatic heterocycles. The van der Waals surface area contributed by atoms with Gasteiger partial charge in [-0.1, -0.05) is 0 Å². The summed E-state index contributed by atoms with van der Waals surface area (Å²) in [6.45, 7) is -0.153. The van der Waals surface area contributed by atoms with E-state index in [1.807, 2.05) is 0 Å². The lowest BCUT2D eigenvalue weighted by molar-refractivity contribution is -0.156. The van der Waals surface area contributed by atoms with Crippen LogP contribution in [0.15, 0.2) is 18.6 Å². The summed E-state index contributed by atoms with van der Waals surface area (Å²) in [6, 6.07) is 0. The zero-order chi connectivity index (χ0) is 10.9. The minimum absolute atomic E-state index is 0.0934. The molecule has 1 aliphatic rings. The van der Waals surface area contributed by atoms with Crippen molar-refractivity contribution in [3.8, 4) is 0 Å². The van der Waals surface area contributed by atoms with Crippen LogP contribution in [0.3, 0.4) is 0 Å². The highest BCUT2D eigenvalue weighted by molar-refractivity contribution is 5.86. The van der Waals surface area contributed by atoms with Gasteiger partial charge in [0.15, 0.2) is 0 Å². The van der Waals surface area contributed by atoms with Gasteiger partial charge in [0, 0.05) is 12.4 Å². The van der Waals surface area contributed by atoms with Crippen LogP contribution in [-0.4, -0.2) is 33.7 Å². The highest BCUT2D eigenvalue weighted by Crippen LogP contribution is 2.27. The predicted molar refractivity (Wildman–Crippen MR) is 45.8 cm³/mol. The zero-order valence-electron chi connectivity index (χ0n) is 7.51. The number of aromatic nitrogens is 2. The lowest BCUT2D eigenvalue weighted by atomic mass is 10.0. The molecule has 15 heavy (non-hydrogen) atoms. The van der Waals surface area contributed by atoms with E-state index in [1.165, 1.54) is 18.6 Å². The van der Waals surface area contributed by atoms with Crippen molar-refractivity contribution < 1.29 is 19.4 Å². The second kappa shape index (κ2) is 3.19. The van der Waals surface area contributed by atoms with Gasteiger partial charge in [-0.2, -0.15) is 0 Å². The number of nitrogens with one attached hydrogen (secondary N) is 1. The molecule has 1 fully saturated rings. The van der Waals surface area contributed by atoms with Crippen molar-refractivity contribution in [1.29, 1.82) is 0 Å². The van der Waals surface area contributed by atoms with Crippen LogP contribution < -0.4 is 5.32 Å². The van der Waals surface area contributed by atoms with Crippen molar-refractivity contribution in [2.75, 3.05) is 6.54 Å². The number of carboxylic acid groups (broad SMARTS) is 1. The van der Waals surface area contributed by atoms with E-state index in [1.54, 1.807) is 0 Å². The molecular weight excluding hydrogens is 202 g/mol. The van der Waals surface area contributed by atoms with E-state index in [-0.39, 0.29) is 12.2 Å². The number of ether oxygens (including phenoxy) is 1. The Balaban J connectivity index is 2.45. The van der Waals surface area contributed by atoms with E-state index < -0.39 is 17.7 Å². The molecule has 0 spiro atoms. The molecule has 78 valence electrons. The predicted octanol–water partition coefficient (Wildman–Crippen LogP) is -0.504. The average molecular weight is 209 g/mol. The fourth-order valence-corrected chi connectivity index (χ4v) is 1.31. The van der Waals surface area contributed by atoms with Crippen LogP contribution >= 0.6 is 0 Å². The van der Waals surface area contributed by atoms with Gasteiger partial charge in [-0.25, -0.2) is 9.59 Å². The Kier molecular flexibility index (Phi) is 2.00. The van der Waals surface area contributed by atoms with Gasteiger partial charge in [-0.15, -0.1) is 0 Å². The third-order valence-electron chi connectivity index (χ3n) is 2.07. The summed E-state index contributed by atoms with van der Waals surface area (Å²) >= 11 is 0. The largest absolute Gasteiger partial charge is 0.478 e. The molecule has 2 N–H and O–H groups in total. The number of rotatable bonds is 2. The van der Waals surface area contributed by atoms with E-state index in [4.69, 9.17) is 9.84 Å². The van der Waals surface area contributed by atoms with E-state index >= 15 is 0 Å². The molecular formula is C8H7N3O4. The Morgan fingerprint density at radius 1 is 1.60 bits per heavy atom. The Bertz CT molecular complexity index is 408. The molecule has 0 bridgehead atoms. The highest BCUT2D eigenvalue weighted by atomic mass is 16.6. The Hall–Kier alpha value is -2.18. The Labute approximate surface area is 84.1 Å². The van der Waals surface area contributed by atoms with Crippen molar-refractivity contribution in [3.63, 3.8) is 0 Å². The minimum Gasteiger partial charge on any atom is -0.478 e. The smallest absolute Gasteiger partial charge is 0.408 e. The van der Waals surface area contributed by atoms with Crippen molar-refractivity contribution in [2.45, 2.75) is 5.60 Å².